The van der Waals surface area contributed by atoms with Crippen LogP contribution in [-0.4, -0.2) is 28.5 Å². The third-order valence-corrected chi connectivity index (χ3v) is 5.77. The van der Waals surface area contributed by atoms with Crippen LogP contribution in [0.15, 0.2) is 58.1 Å². The van der Waals surface area contributed by atoms with Crippen molar-refractivity contribution in [1.29, 1.82) is 0 Å². The molecule has 29 heavy (non-hydrogen) atoms. The van der Waals surface area contributed by atoms with Crippen LogP contribution < -0.4 is 15.8 Å². The van der Waals surface area contributed by atoms with Gasteiger partial charge in [0.25, 0.3) is 5.56 Å². The van der Waals surface area contributed by atoms with Gasteiger partial charge in [0, 0.05) is 42.8 Å². The molecule has 1 saturated heterocycles. The summed E-state index contributed by atoms with van der Waals surface area (Å²) in [7, 11) is 0. The molecule has 0 aliphatic carbocycles. The molecule has 0 unspecified atom stereocenters. The van der Waals surface area contributed by atoms with Gasteiger partial charge in [0.15, 0.2) is 0 Å². The number of anilines is 1. The van der Waals surface area contributed by atoms with Gasteiger partial charge in [-0.3, -0.25) is 14.2 Å². The predicted octanol–water partition coefficient (Wildman–Crippen LogP) is 3.47. The van der Waals surface area contributed by atoms with E-state index in [1.165, 1.54) is 29.4 Å². The molecular weight excluding hydrogens is 432 g/mol. The summed E-state index contributed by atoms with van der Waals surface area (Å²) in [6.07, 6.45) is 4.17. The third-order valence-electron chi connectivity index (χ3n) is 5.28. The van der Waals surface area contributed by atoms with E-state index in [0.29, 0.717) is 24.0 Å². The van der Waals surface area contributed by atoms with Gasteiger partial charge in [0.1, 0.15) is 0 Å². The van der Waals surface area contributed by atoms with Crippen molar-refractivity contribution in [2.75, 3.05) is 18.0 Å². The van der Waals surface area contributed by atoms with E-state index in [1.807, 2.05) is 18.2 Å². The van der Waals surface area contributed by atoms with Gasteiger partial charge >= 0.3 is 0 Å². The fourth-order valence-corrected chi connectivity index (χ4v) is 4.08. The first-order chi connectivity index (χ1) is 14.1. The van der Waals surface area contributed by atoms with Gasteiger partial charge in [-0.1, -0.05) is 34.1 Å². The topological polar surface area (TPSA) is 67.2 Å². The lowest BCUT2D eigenvalue weighted by atomic mass is 10.1. The van der Waals surface area contributed by atoms with Crippen LogP contribution >= 0.6 is 15.9 Å². The van der Waals surface area contributed by atoms with Gasteiger partial charge in [-0.05, 0) is 42.7 Å². The van der Waals surface area contributed by atoms with Gasteiger partial charge in [-0.25, -0.2) is 4.98 Å². The van der Waals surface area contributed by atoms with E-state index in [2.05, 4.69) is 43.3 Å². The van der Waals surface area contributed by atoms with Crippen molar-refractivity contribution < 1.29 is 4.79 Å². The maximum atomic E-state index is 12.6. The molecule has 0 saturated carbocycles. The lowest BCUT2D eigenvalue weighted by Crippen LogP contribution is -2.28. The van der Waals surface area contributed by atoms with Crippen LogP contribution in [0.2, 0.25) is 0 Å². The van der Waals surface area contributed by atoms with E-state index < -0.39 is 0 Å². The fraction of sp³-hybridized carbons (Fsp3) is 0.318. The molecule has 1 fully saturated rings. The molecule has 4 rings (SSSR count). The van der Waals surface area contributed by atoms with Crippen molar-refractivity contribution in [3.05, 3.63) is 69.2 Å². The zero-order chi connectivity index (χ0) is 20.2. The van der Waals surface area contributed by atoms with Gasteiger partial charge in [-0.15, -0.1) is 0 Å². The van der Waals surface area contributed by atoms with E-state index in [0.717, 1.165) is 23.1 Å². The molecule has 1 N–H and O–H groups in total. The Balaban J connectivity index is 1.38. The summed E-state index contributed by atoms with van der Waals surface area (Å²) in [5, 5.41) is 3.53. The summed E-state index contributed by atoms with van der Waals surface area (Å²) in [5.74, 6) is -0.0811. The van der Waals surface area contributed by atoms with Gasteiger partial charge in [0.2, 0.25) is 5.91 Å². The molecule has 1 aromatic heterocycles. The number of aromatic nitrogens is 2. The average Bonchev–Trinajstić information content (AvgIpc) is 3.27. The van der Waals surface area contributed by atoms with E-state index in [-0.39, 0.29) is 17.9 Å². The zero-order valence-corrected chi connectivity index (χ0v) is 17.7. The number of para-hydroxylation sites is 1. The van der Waals surface area contributed by atoms with Crippen molar-refractivity contribution >= 4 is 38.4 Å². The molecule has 1 amide bonds. The minimum Gasteiger partial charge on any atom is -0.371 e. The second-order valence-electron chi connectivity index (χ2n) is 7.25. The molecule has 6 nitrogen and oxygen atoms in total. The summed E-state index contributed by atoms with van der Waals surface area (Å²) in [6.45, 7) is 2.93. The molecule has 2 heterocycles. The number of fused-ring (bicyclic) bond motifs is 1. The van der Waals surface area contributed by atoms with Crippen LogP contribution in [0.1, 0.15) is 24.8 Å². The maximum absolute atomic E-state index is 12.6. The van der Waals surface area contributed by atoms with E-state index >= 15 is 0 Å². The summed E-state index contributed by atoms with van der Waals surface area (Å²) in [5.41, 5.74) is 2.84. The number of aryl methyl sites for hydroxylation is 1. The Bertz CT molecular complexity index is 1090. The Kier molecular flexibility index (Phi) is 5.94. The number of amides is 1. The van der Waals surface area contributed by atoms with E-state index in [4.69, 9.17) is 0 Å². The number of halogens is 1. The molecule has 1 aliphatic rings. The van der Waals surface area contributed by atoms with Crippen molar-refractivity contribution in [2.45, 2.75) is 32.4 Å². The smallest absolute Gasteiger partial charge is 0.261 e. The monoisotopic (exact) mass is 454 g/mol. The highest BCUT2D eigenvalue weighted by atomic mass is 79.9. The number of nitrogens with zero attached hydrogens (tertiary/aromatic N) is 3. The number of carbonyl (C=O) groups excluding carboxylic acids is 1. The Morgan fingerprint density at radius 1 is 1.14 bits per heavy atom. The first-order valence-electron chi connectivity index (χ1n) is 9.86. The highest BCUT2D eigenvalue weighted by Crippen LogP contribution is 2.24. The molecule has 3 aromatic rings. The summed E-state index contributed by atoms with van der Waals surface area (Å²) in [4.78, 5) is 31.7. The Labute approximate surface area is 177 Å². The first kappa shape index (κ1) is 19.6. The van der Waals surface area contributed by atoms with Crippen molar-refractivity contribution in [2.24, 2.45) is 0 Å². The molecule has 1 aliphatic heterocycles. The predicted molar refractivity (Wildman–Crippen MR) is 118 cm³/mol. The highest BCUT2D eigenvalue weighted by Gasteiger charge is 2.15. The molecule has 0 bridgehead atoms. The van der Waals surface area contributed by atoms with Crippen molar-refractivity contribution in [3.63, 3.8) is 0 Å². The number of hydrogen-bond acceptors (Lipinski definition) is 4. The summed E-state index contributed by atoms with van der Waals surface area (Å²) >= 11 is 3.38. The van der Waals surface area contributed by atoms with Crippen LogP contribution in [-0.2, 0) is 17.9 Å². The molecule has 0 atom stereocenters. The van der Waals surface area contributed by atoms with Crippen LogP contribution in [0.3, 0.4) is 0 Å². The molecule has 150 valence electrons. The zero-order valence-electron chi connectivity index (χ0n) is 16.1. The molecule has 7 heteroatoms. The molecule has 0 spiro atoms. The van der Waals surface area contributed by atoms with Crippen LogP contribution in [0.25, 0.3) is 10.9 Å². The lowest BCUT2D eigenvalue weighted by molar-refractivity contribution is -0.121. The number of carbonyl (C=O) groups is 1. The maximum Gasteiger partial charge on any atom is 0.261 e. The summed E-state index contributed by atoms with van der Waals surface area (Å²) < 4.78 is 2.32. The van der Waals surface area contributed by atoms with Gasteiger partial charge in [-0.2, -0.15) is 0 Å². The highest BCUT2D eigenvalue weighted by molar-refractivity contribution is 9.10. The minimum absolute atomic E-state index is 0.0811. The van der Waals surface area contributed by atoms with Crippen LogP contribution in [0, 0.1) is 0 Å². The number of hydrogen-bond donors (Lipinski definition) is 1. The van der Waals surface area contributed by atoms with E-state index in [1.54, 1.807) is 12.1 Å². The fourth-order valence-electron chi connectivity index (χ4n) is 3.72. The van der Waals surface area contributed by atoms with Crippen LogP contribution in [0.5, 0.6) is 0 Å². The largest absolute Gasteiger partial charge is 0.371 e. The Morgan fingerprint density at radius 3 is 2.76 bits per heavy atom. The van der Waals surface area contributed by atoms with Gasteiger partial charge < -0.3 is 10.2 Å². The average molecular weight is 455 g/mol. The Morgan fingerprint density at radius 2 is 1.93 bits per heavy atom. The molecular formula is C22H23BrN4O2. The third kappa shape index (κ3) is 4.50. The standard InChI is InChI=1S/C22H23BrN4O2/c23-17-7-8-19-18(13-17)22(29)27(15-25-19)12-9-21(28)24-14-16-5-1-2-6-20(16)26-10-3-4-11-26/h1-2,5-8,13,15H,3-4,9-12,14H2,(H,24,28). The Hall–Kier alpha value is -2.67. The van der Waals surface area contributed by atoms with Crippen molar-refractivity contribution in [3.8, 4) is 0 Å². The van der Waals surface area contributed by atoms with Crippen LogP contribution in [0.4, 0.5) is 5.69 Å². The van der Waals surface area contributed by atoms with E-state index in [9.17, 15) is 9.59 Å². The normalized spacial score (nSPS) is 13.8. The number of rotatable bonds is 6. The number of benzene rings is 2. The molecule has 2 aromatic carbocycles. The lowest BCUT2D eigenvalue weighted by Gasteiger charge is -2.21. The van der Waals surface area contributed by atoms with Crippen molar-refractivity contribution in [1.82, 2.24) is 14.9 Å². The molecule has 0 radical (unpaired) electrons. The second kappa shape index (κ2) is 8.78. The first-order valence-corrected chi connectivity index (χ1v) is 10.7. The minimum atomic E-state index is -0.136. The summed E-state index contributed by atoms with van der Waals surface area (Å²) in [6, 6.07) is 13.6. The quantitative estimate of drug-likeness (QED) is 0.618. The second-order valence-corrected chi connectivity index (χ2v) is 8.17. The van der Waals surface area contributed by atoms with Gasteiger partial charge in [0.05, 0.1) is 17.2 Å². The SMILES string of the molecule is O=C(CCn1cnc2ccc(Br)cc2c1=O)NCc1ccccc1N1CCCC1. The number of nitrogens with one attached hydrogen (secondary N) is 1.